The molecule has 2 unspecified atom stereocenters. The highest BCUT2D eigenvalue weighted by molar-refractivity contribution is 5.85. The highest BCUT2D eigenvalue weighted by Gasteiger charge is 2.31. The molecule has 0 saturated carbocycles. The number of carbonyl (C=O) groups excluding carboxylic acids is 1. The lowest BCUT2D eigenvalue weighted by atomic mass is 9.82. The molecule has 0 bridgehead atoms. The van der Waals surface area contributed by atoms with E-state index in [2.05, 4.69) is 5.32 Å². The van der Waals surface area contributed by atoms with E-state index in [1.807, 2.05) is 27.7 Å². The summed E-state index contributed by atoms with van der Waals surface area (Å²) in [4.78, 5) is 12.1. The molecule has 1 amide bonds. The Hall–Kier alpha value is -1.20. The summed E-state index contributed by atoms with van der Waals surface area (Å²) in [5, 5.41) is 2.79. The minimum Gasteiger partial charge on any atom is -0.347 e. The van der Waals surface area contributed by atoms with Crippen molar-refractivity contribution >= 4 is 18.3 Å². The second-order valence-electron chi connectivity index (χ2n) is 6.37. The first-order valence-corrected chi connectivity index (χ1v) is 7.17. The third-order valence-electron chi connectivity index (χ3n) is 3.36. The zero-order valence-electron chi connectivity index (χ0n) is 13.5. The van der Waals surface area contributed by atoms with E-state index in [9.17, 15) is 13.6 Å². The fraction of sp³-hybridized carbons (Fsp3) is 0.562. The van der Waals surface area contributed by atoms with Crippen molar-refractivity contribution in [2.75, 3.05) is 0 Å². The molecule has 0 heterocycles. The summed E-state index contributed by atoms with van der Waals surface area (Å²) < 4.78 is 27.1. The second-order valence-corrected chi connectivity index (χ2v) is 6.37. The number of rotatable bonds is 5. The van der Waals surface area contributed by atoms with Crippen LogP contribution in [0.5, 0.6) is 0 Å². The Morgan fingerprint density at radius 2 is 1.91 bits per heavy atom. The zero-order valence-corrected chi connectivity index (χ0v) is 14.3. The molecule has 3 N–H and O–H groups in total. The van der Waals surface area contributed by atoms with Crippen LogP contribution >= 0.6 is 12.4 Å². The number of nitrogens with one attached hydrogen (secondary N) is 1. The molecule has 126 valence electrons. The molecule has 22 heavy (non-hydrogen) atoms. The van der Waals surface area contributed by atoms with Gasteiger partial charge in [0.1, 0.15) is 11.6 Å². The molecular formula is C16H25ClF2N2O. The molecule has 0 spiro atoms. The van der Waals surface area contributed by atoms with E-state index in [1.54, 1.807) is 0 Å². The van der Waals surface area contributed by atoms with Crippen molar-refractivity contribution in [1.82, 2.24) is 5.32 Å². The van der Waals surface area contributed by atoms with Gasteiger partial charge >= 0.3 is 0 Å². The van der Waals surface area contributed by atoms with Crippen molar-refractivity contribution in [2.45, 2.75) is 52.6 Å². The predicted molar refractivity (Wildman–Crippen MR) is 86.8 cm³/mol. The van der Waals surface area contributed by atoms with Gasteiger partial charge in [0, 0.05) is 11.6 Å². The fourth-order valence-corrected chi connectivity index (χ4v) is 2.19. The summed E-state index contributed by atoms with van der Waals surface area (Å²) in [6.45, 7) is 7.58. The maximum Gasteiger partial charge on any atom is 0.237 e. The Morgan fingerprint density at radius 3 is 2.36 bits per heavy atom. The molecule has 1 aromatic rings. The number of amides is 1. The molecule has 6 heteroatoms. The monoisotopic (exact) mass is 334 g/mol. The van der Waals surface area contributed by atoms with Crippen molar-refractivity contribution in [3.63, 3.8) is 0 Å². The molecule has 0 aliphatic carbocycles. The topological polar surface area (TPSA) is 55.1 Å². The van der Waals surface area contributed by atoms with Crippen LogP contribution in [0, 0.1) is 17.0 Å². The fourth-order valence-electron chi connectivity index (χ4n) is 2.19. The number of benzene rings is 1. The first kappa shape index (κ1) is 20.8. The first-order chi connectivity index (χ1) is 9.66. The molecule has 1 rings (SSSR count). The van der Waals surface area contributed by atoms with Crippen molar-refractivity contribution in [2.24, 2.45) is 11.1 Å². The summed E-state index contributed by atoms with van der Waals surface area (Å²) in [7, 11) is 0. The van der Waals surface area contributed by atoms with Gasteiger partial charge in [-0.1, -0.05) is 40.2 Å². The minimum atomic E-state index is -0.667. The molecule has 2 atom stereocenters. The van der Waals surface area contributed by atoms with E-state index in [-0.39, 0.29) is 23.9 Å². The highest BCUT2D eigenvalue weighted by Crippen LogP contribution is 2.34. The van der Waals surface area contributed by atoms with Crippen LogP contribution in [0.15, 0.2) is 18.2 Å². The Balaban J connectivity index is 0.00000441. The third-order valence-corrected chi connectivity index (χ3v) is 3.36. The molecule has 1 aromatic carbocycles. The molecular weight excluding hydrogens is 310 g/mol. The molecule has 0 aliphatic rings. The van der Waals surface area contributed by atoms with Gasteiger partial charge in [0.15, 0.2) is 0 Å². The van der Waals surface area contributed by atoms with Crippen LogP contribution in [-0.2, 0) is 4.79 Å². The van der Waals surface area contributed by atoms with E-state index < -0.39 is 29.1 Å². The molecule has 0 radical (unpaired) electrons. The average molecular weight is 335 g/mol. The maximum absolute atomic E-state index is 14.0. The maximum atomic E-state index is 14.0. The average Bonchev–Trinajstić information content (AvgIpc) is 2.35. The van der Waals surface area contributed by atoms with Crippen LogP contribution in [0.25, 0.3) is 0 Å². The van der Waals surface area contributed by atoms with Crippen molar-refractivity contribution in [3.8, 4) is 0 Å². The standard InChI is InChI=1S/C16H24F2N2O.ClH/c1-5-6-13(19)15(21)20-14(16(2,3)4)11-8-7-10(17)9-12(11)18;/h7-9,13-14H,5-6,19H2,1-4H3,(H,20,21);1H. The third kappa shape index (κ3) is 5.54. The van der Waals surface area contributed by atoms with Gasteiger partial charge in [0.2, 0.25) is 5.91 Å². The quantitative estimate of drug-likeness (QED) is 0.862. The van der Waals surface area contributed by atoms with Crippen LogP contribution in [0.4, 0.5) is 8.78 Å². The van der Waals surface area contributed by atoms with Gasteiger partial charge in [-0.25, -0.2) is 8.78 Å². The Kier molecular flexibility index (Phi) is 7.98. The van der Waals surface area contributed by atoms with E-state index >= 15 is 0 Å². The largest absolute Gasteiger partial charge is 0.347 e. The van der Waals surface area contributed by atoms with Gasteiger partial charge in [-0.3, -0.25) is 4.79 Å². The normalized spacial score (nSPS) is 14.0. The number of halogens is 3. The van der Waals surface area contributed by atoms with Crippen molar-refractivity contribution < 1.29 is 13.6 Å². The number of hydrogen-bond donors (Lipinski definition) is 2. The van der Waals surface area contributed by atoms with E-state index in [1.165, 1.54) is 12.1 Å². The Bertz CT molecular complexity index is 503. The predicted octanol–water partition coefficient (Wildman–Crippen LogP) is 3.72. The molecule has 0 aromatic heterocycles. The summed E-state index contributed by atoms with van der Waals surface area (Å²) in [6, 6.07) is 2.19. The lowest BCUT2D eigenvalue weighted by Crippen LogP contribution is -2.45. The SMILES string of the molecule is CCCC(N)C(=O)NC(c1ccc(F)cc1F)C(C)(C)C.Cl. The van der Waals surface area contributed by atoms with Gasteiger partial charge in [-0.2, -0.15) is 0 Å². The first-order valence-electron chi connectivity index (χ1n) is 7.17. The van der Waals surface area contributed by atoms with Gasteiger partial charge in [-0.15, -0.1) is 12.4 Å². The second kappa shape index (κ2) is 8.44. The summed E-state index contributed by atoms with van der Waals surface area (Å²) in [6.07, 6.45) is 1.36. The molecule has 0 aliphatic heterocycles. The van der Waals surface area contributed by atoms with Gasteiger partial charge < -0.3 is 11.1 Å². The van der Waals surface area contributed by atoms with Crippen LogP contribution in [0.3, 0.4) is 0 Å². The van der Waals surface area contributed by atoms with Gasteiger partial charge in [0.25, 0.3) is 0 Å². The molecule has 0 saturated heterocycles. The molecule has 0 fully saturated rings. The van der Waals surface area contributed by atoms with E-state index in [0.717, 1.165) is 12.5 Å². The highest BCUT2D eigenvalue weighted by atomic mass is 35.5. The number of nitrogens with two attached hydrogens (primary N) is 1. The van der Waals surface area contributed by atoms with Gasteiger partial charge in [0.05, 0.1) is 12.1 Å². The molecule has 3 nitrogen and oxygen atoms in total. The van der Waals surface area contributed by atoms with Crippen LogP contribution in [0.2, 0.25) is 0 Å². The number of carbonyl (C=O) groups is 1. The van der Waals surface area contributed by atoms with E-state index in [0.29, 0.717) is 6.42 Å². The Morgan fingerprint density at radius 1 is 1.32 bits per heavy atom. The summed E-state index contributed by atoms with van der Waals surface area (Å²) in [5.41, 5.74) is 5.63. The van der Waals surface area contributed by atoms with Crippen LogP contribution in [-0.4, -0.2) is 11.9 Å². The smallest absolute Gasteiger partial charge is 0.237 e. The van der Waals surface area contributed by atoms with Crippen molar-refractivity contribution in [3.05, 3.63) is 35.4 Å². The minimum absolute atomic E-state index is 0. The van der Waals surface area contributed by atoms with Crippen LogP contribution < -0.4 is 11.1 Å². The van der Waals surface area contributed by atoms with E-state index in [4.69, 9.17) is 5.73 Å². The Labute approximate surface area is 137 Å². The van der Waals surface area contributed by atoms with Crippen molar-refractivity contribution in [1.29, 1.82) is 0 Å². The zero-order chi connectivity index (χ0) is 16.2. The lowest BCUT2D eigenvalue weighted by molar-refractivity contribution is -0.124. The lowest BCUT2D eigenvalue weighted by Gasteiger charge is -2.33. The van der Waals surface area contributed by atoms with Crippen LogP contribution in [0.1, 0.15) is 52.1 Å². The summed E-state index contributed by atoms with van der Waals surface area (Å²) >= 11 is 0. The number of hydrogen-bond acceptors (Lipinski definition) is 2. The summed E-state index contributed by atoms with van der Waals surface area (Å²) in [5.74, 6) is -1.63. The van der Waals surface area contributed by atoms with Gasteiger partial charge in [-0.05, 0) is 17.9 Å².